The molecule has 4 aromatic rings. The van der Waals surface area contributed by atoms with Crippen molar-refractivity contribution < 1.29 is 4.39 Å². The van der Waals surface area contributed by atoms with Crippen LogP contribution in [-0.2, 0) is 0 Å². The zero-order valence-corrected chi connectivity index (χ0v) is 15.3. The Labute approximate surface area is 165 Å². The molecule has 0 aliphatic carbocycles. The number of hydrogen-bond acceptors (Lipinski definition) is 5. The normalized spacial score (nSPS) is 11.9. The fourth-order valence-electron chi connectivity index (χ4n) is 3.34. The number of fused-ring (bicyclic) bond motifs is 1. The third-order valence-electron chi connectivity index (χ3n) is 4.80. The van der Waals surface area contributed by atoms with Crippen LogP contribution >= 0.6 is 0 Å². The maximum Gasteiger partial charge on any atom is 0.261 e. The van der Waals surface area contributed by atoms with Crippen LogP contribution in [0.15, 0.2) is 71.9 Å². The van der Waals surface area contributed by atoms with E-state index in [1.54, 1.807) is 42.5 Å². The van der Waals surface area contributed by atoms with Gasteiger partial charge in [0.2, 0.25) is 5.95 Å². The summed E-state index contributed by atoms with van der Waals surface area (Å²) >= 11 is 0. The number of halogens is 1. The summed E-state index contributed by atoms with van der Waals surface area (Å²) in [5, 5.41) is 9.56. The molecule has 0 saturated heterocycles. The van der Waals surface area contributed by atoms with Crippen LogP contribution in [-0.4, -0.2) is 21.1 Å². The third-order valence-corrected chi connectivity index (χ3v) is 4.80. The summed E-state index contributed by atoms with van der Waals surface area (Å²) in [6, 6.07) is 16.8. The Morgan fingerprint density at radius 3 is 2.69 bits per heavy atom. The molecular formula is C22H16FN5O. The van der Waals surface area contributed by atoms with Crippen molar-refractivity contribution in [3.05, 3.63) is 94.5 Å². The minimum Gasteiger partial charge on any atom is -0.328 e. The highest BCUT2D eigenvalue weighted by molar-refractivity contribution is 5.83. The topological polar surface area (TPSA) is 97.6 Å². The van der Waals surface area contributed by atoms with Gasteiger partial charge in [0.15, 0.2) is 0 Å². The first-order chi connectivity index (χ1) is 14.1. The first-order valence-electron chi connectivity index (χ1n) is 8.93. The predicted octanol–water partition coefficient (Wildman–Crippen LogP) is 3.02. The van der Waals surface area contributed by atoms with Crippen molar-refractivity contribution in [2.24, 2.45) is 5.73 Å². The van der Waals surface area contributed by atoms with Gasteiger partial charge in [0, 0.05) is 18.8 Å². The molecule has 142 valence electrons. The molecule has 2 heterocycles. The van der Waals surface area contributed by atoms with Gasteiger partial charge in [0.05, 0.1) is 34.9 Å². The van der Waals surface area contributed by atoms with E-state index in [2.05, 4.69) is 16.0 Å². The van der Waals surface area contributed by atoms with Gasteiger partial charge in [-0.1, -0.05) is 18.2 Å². The van der Waals surface area contributed by atoms with Crippen LogP contribution in [0.5, 0.6) is 0 Å². The summed E-state index contributed by atoms with van der Waals surface area (Å²) in [5.74, 6) is -0.573. The fourth-order valence-corrected chi connectivity index (χ4v) is 3.34. The van der Waals surface area contributed by atoms with Crippen LogP contribution in [0.2, 0.25) is 0 Å². The zero-order valence-electron chi connectivity index (χ0n) is 15.3. The maximum atomic E-state index is 13.4. The molecule has 0 spiro atoms. The summed E-state index contributed by atoms with van der Waals surface area (Å²) in [6.07, 6.45) is 2.85. The SMILES string of the molecule is N#Cc1cccc(C(CN)n2cnc3cc(-c4ccnc(F)c4)ccc3c2=O)c1. The van der Waals surface area contributed by atoms with Crippen LogP contribution in [0.1, 0.15) is 17.2 Å². The van der Waals surface area contributed by atoms with Crippen molar-refractivity contribution in [2.45, 2.75) is 6.04 Å². The van der Waals surface area contributed by atoms with Crippen LogP contribution in [0.4, 0.5) is 4.39 Å². The van der Waals surface area contributed by atoms with E-state index in [9.17, 15) is 9.18 Å². The van der Waals surface area contributed by atoms with Crippen LogP contribution < -0.4 is 11.3 Å². The lowest BCUT2D eigenvalue weighted by molar-refractivity contribution is 0.570. The van der Waals surface area contributed by atoms with Gasteiger partial charge in [-0.15, -0.1) is 0 Å². The molecule has 2 aromatic heterocycles. The van der Waals surface area contributed by atoms with Crippen LogP contribution in [0, 0.1) is 17.3 Å². The maximum absolute atomic E-state index is 13.4. The number of hydrogen-bond donors (Lipinski definition) is 1. The predicted molar refractivity (Wildman–Crippen MR) is 108 cm³/mol. The molecule has 2 N–H and O–H groups in total. The Hall–Kier alpha value is -3.89. The summed E-state index contributed by atoms with van der Waals surface area (Å²) in [4.78, 5) is 21.1. The number of benzene rings is 2. The van der Waals surface area contributed by atoms with Gasteiger partial charge < -0.3 is 5.73 Å². The van der Waals surface area contributed by atoms with Gasteiger partial charge >= 0.3 is 0 Å². The number of rotatable bonds is 4. The summed E-state index contributed by atoms with van der Waals surface area (Å²) in [5.41, 5.74) is 8.86. The number of nitrogens with two attached hydrogens (primary N) is 1. The van der Waals surface area contributed by atoms with E-state index in [1.165, 1.54) is 23.2 Å². The molecule has 0 saturated carbocycles. The molecule has 0 amide bonds. The van der Waals surface area contributed by atoms with E-state index < -0.39 is 12.0 Å². The quantitative estimate of drug-likeness (QED) is 0.545. The molecule has 6 nitrogen and oxygen atoms in total. The van der Waals surface area contributed by atoms with Crippen molar-refractivity contribution in [2.75, 3.05) is 6.54 Å². The molecule has 0 aliphatic heterocycles. The average molecular weight is 385 g/mol. The molecule has 1 unspecified atom stereocenters. The van der Waals surface area contributed by atoms with Crippen LogP contribution in [0.25, 0.3) is 22.0 Å². The minimum absolute atomic E-state index is 0.177. The molecule has 1 atom stereocenters. The lowest BCUT2D eigenvalue weighted by Crippen LogP contribution is -2.30. The number of aromatic nitrogens is 3. The molecule has 0 radical (unpaired) electrons. The number of nitrogens with zero attached hydrogens (tertiary/aromatic N) is 4. The van der Waals surface area contributed by atoms with Gasteiger partial charge in [-0.2, -0.15) is 9.65 Å². The molecule has 0 bridgehead atoms. The van der Waals surface area contributed by atoms with E-state index in [-0.39, 0.29) is 12.1 Å². The van der Waals surface area contributed by atoms with Gasteiger partial charge in [0.1, 0.15) is 0 Å². The van der Waals surface area contributed by atoms with Crippen molar-refractivity contribution in [1.29, 1.82) is 5.26 Å². The summed E-state index contributed by atoms with van der Waals surface area (Å²) in [6.45, 7) is 0.177. The standard InChI is InChI=1S/C22H16FN5O/c23-21-10-16(6-7-26-21)15-4-5-18-19(9-15)27-13-28(22(18)29)20(12-25)17-3-1-2-14(8-17)11-24/h1-10,13,20H,12,25H2. The van der Waals surface area contributed by atoms with Gasteiger partial charge in [-0.25, -0.2) is 9.97 Å². The van der Waals surface area contributed by atoms with E-state index >= 15 is 0 Å². The van der Waals surface area contributed by atoms with Gasteiger partial charge in [-0.05, 0) is 47.0 Å². The summed E-state index contributed by atoms with van der Waals surface area (Å²) in [7, 11) is 0. The molecule has 4 rings (SSSR count). The van der Waals surface area contributed by atoms with E-state index in [0.717, 1.165) is 11.1 Å². The summed E-state index contributed by atoms with van der Waals surface area (Å²) < 4.78 is 14.9. The fraction of sp³-hybridized carbons (Fsp3) is 0.0909. The molecule has 0 aliphatic rings. The van der Waals surface area contributed by atoms with E-state index in [4.69, 9.17) is 11.0 Å². The van der Waals surface area contributed by atoms with E-state index in [1.807, 2.05) is 6.07 Å². The molecule has 0 fully saturated rings. The van der Waals surface area contributed by atoms with Crippen LogP contribution in [0.3, 0.4) is 0 Å². The minimum atomic E-state index is -0.573. The lowest BCUT2D eigenvalue weighted by Gasteiger charge is -2.19. The van der Waals surface area contributed by atoms with Crippen molar-refractivity contribution >= 4 is 10.9 Å². The monoisotopic (exact) mass is 385 g/mol. The highest BCUT2D eigenvalue weighted by Crippen LogP contribution is 2.23. The third kappa shape index (κ3) is 3.49. The molecule has 7 heteroatoms. The Kier molecular flexibility index (Phi) is 4.85. The van der Waals surface area contributed by atoms with Crippen molar-refractivity contribution in [3.63, 3.8) is 0 Å². The van der Waals surface area contributed by atoms with E-state index in [0.29, 0.717) is 22.0 Å². The lowest BCUT2D eigenvalue weighted by atomic mass is 10.0. The highest BCUT2D eigenvalue weighted by atomic mass is 19.1. The largest absolute Gasteiger partial charge is 0.328 e. The Balaban J connectivity index is 1.80. The Bertz CT molecular complexity index is 1310. The zero-order chi connectivity index (χ0) is 20.4. The Morgan fingerprint density at radius 1 is 1.10 bits per heavy atom. The first-order valence-corrected chi connectivity index (χ1v) is 8.93. The highest BCUT2D eigenvalue weighted by Gasteiger charge is 2.16. The Morgan fingerprint density at radius 2 is 1.93 bits per heavy atom. The second-order valence-electron chi connectivity index (χ2n) is 6.54. The van der Waals surface area contributed by atoms with Gasteiger partial charge in [-0.3, -0.25) is 9.36 Å². The second kappa shape index (κ2) is 7.62. The number of nitriles is 1. The second-order valence-corrected chi connectivity index (χ2v) is 6.54. The van der Waals surface area contributed by atoms with Gasteiger partial charge in [0.25, 0.3) is 5.56 Å². The average Bonchev–Trinajstić information content (AvgIpc) is 2.76. The molecule has 29 heavy (non-hydrogen) atoms. The number of pyridine rings is 1. The smallest absolute Gasteiger partial charge is 0.261 e. The van der Waals surface area contributed by atoms with Crippen molar-refractivity contribution in [3.8, 4) is 17.2 Å². The van der Waals surface area contributed by atoms with Crippen molar-refractivity contribution in [1.82, 2.24) is 14.5 Å². The molecular weight excluding hydrogens is 369 g/mol. The first kappa shape index (κ1) is 18.5. The molecule has 2 aromatic carbocycles.